The second kappa shape index (κ2) is 7.13. The van der Waals surface area contributed by atoms with E-state index < -0.39 is 6.10 Å². The highest BCUT2D eigenvalue weighted by molar-refractivity contribution is 5.96. The molecule has 4 heteroatoms. The van der Waals surface area contributed by atoms with Crippen LogP contribution in [-0.2, 0) is 4.74 Å². The van der Waals surface area contributed by atoms with Crippen LogP contribution in [-0.4, -0.2) is 36.3 Å². The number of aliphatic hydroxyl groups excluding tert-OH is 1. The summed E-state index contributed by atoms with van der Waals surface area (Å²) in [6.07, 6.45) is -0.628. The fraction of sp³-hybridized carbons (Fsp3) is 0.500. The number of hydrogen-bond acceptors (Lipinski definition) is 4. The van der Waals surface area contributed by atoms with Gasteiger partial charge in [0.25, 0.3) is 0 Å². The van der Waals surface area contributed by atoms with Crippen molar-refractivity contribution in [3.05, 3.63) is 29.8 Å². The molecule has 18 heavy (non-hydrogen) atoms. The van der Waals surface area contributed by atoms with E-state index in [-0.39, 0.29) is 25.1 Å². The molecule has 0 saturated heterocycles. The Kier molecular flexibility index (Phi) is 5.82. The number of para-hydroxylation sites is 1. The van der Waals surface area contributed by atoms with Crippen molar-refractivity contribution in [1.82, 2.24) is 0 Å². The van der Waals surface area contributed by atoms with Crippen molar-refractivity contribution in [2.75, 3.05) is 13.2 Å². The minimum absolute atomic E-state index is 0.0569. The molecule has 1 N–H and O–H groups in total. The SMILES string of the molecule is CC(=O)c1ccccc1OCC(O)COC(C)C. The van der Waals surface area contributed by atoms with Gasteiger partial charge in [-0.25, -0.2) is 0 Å². The number of carbonyl (C=O) groups excluding carboxylic acids is 1. The Morgan fingerprint density at radius 1 is 1.28 bits per heavy atom. The first-order valence-electron chi connectivity index (χ1n) is 6.03. The number of rotatable bonds is 7. The Labute approximate surface area is 108 Å². The Balaban J connectivity index is 2.50. The highest BCUT2D eigenvalue weighted by Crippen LogP contribution is 2.18. The van der Waals surface area contributed by atoms with E-state index in [1.54, 1.807) is 24.3 Å². The number of Topliss-reactive ketones (excluding diaryl/α,β-unsaturated/α-hetero) is 1. The van der Waals surface area contributed by atoms with E-state index in [1.165, 1.54) is 6.92 Å². The third-order valence-corrected chi connectivity index (χ3v) is 2.32. The third-order valence-electron chi connectivity index (χ3n) is 2.32. The molecule has 0 aliphatic carbocycles. The van der Waals surface area contributed by atoms with Crippen LogP contribution in [0.2, 0.25) is 0 Å². The van der Waals surface area contributed by atoms with E-state index in [0.717, 1.165) is 0 Å². The lowest BCUT2D eigenvalue weighted by atomic mass is 10.1. The second-order valence-electron chi connectivity index (χ2n) is 4.40. The van der Waals surface area contributed by atoms with Crippen LogP contribution in [0, 0.1) is 0 Å². The zero-order valence-electron chi connectivity index (χ0n) is 11.1. The van der Waals surface area contributed by atoms with Crippen LogP contribution in [0.3, 0.4) is 0 Å². The van der Waals surface area contributed by atoms with Crippen LogP contribution in [0.1, 0.15) is 31.1 Å². The van der Waals surface area contributed by atoms with Crippen molar-refractivity contribution in [2.45, 2.75) is 33.0 Å². The molecule has 0 aliphatic rings. The van der Waals surface area contributed by atoms with Gasteiger partial charge >= 0.3 is 0 Å². The fourth-order valence-corrected chi connectivity index (χ4v) is 1.42. The molecule has 1 rings (SSSR count). The zero-order chi connectivity index (χ0) is 13.5. The van der Waals surface area contributed by atoms with Gasteiger partial charge in [0.05, 0.1) is 18.3 Å². The maximum Gasteiger partial charge on any atom is 0.163 e. The van der Waals surface area contributed by atoms with Gasteiger partial charge in [-0.3, -0.25) is 4.79 Å². The summed E-state index contributed by atoms with van der Waals surface area (Å²) in [5, 5.41) is 9.65. The summed E-state index contributed by atoms with van der Waals surface area (Å²) in [6, 6.07) is 6.99. The lowest BCUT2D eigenvalue weighted by Gasteiger charge is -2.15. The van der Waals surface area contributed by atoms with Gasteiger partial charge in [-0.2, -0.15) is 0 Å². The summed E-state index contributed by atoms with van der Waals surface area (Å²) >= 11 is 0. The molecule has 0 saturated carbocycles. The highest BCUT2D eigenvalue weighted by atomic mass is 16.5. The molecular formula is C14H20O4. The molecule has 4 nitrogen and oxygen atoms in total. The van der Waals surface area contributed by atoms with E-state index in [0.29, 0.717) is 11.3 Å². The van der Waals surface area contributed by atoms with Crippen LogP contribution < -0.4 is 4.74 Å². The molecule has 0 fully saturated rings. The van der Waals surface area contributed by atoms with E-state index in [2.05, 4.69) is 0 Å². The van der Waals surface area contributed by atoms with E-state index >= 15 is 0 Å². The summed E-state index contributed by atoms with van der Waals surface area (Å²) in [7, 11) is 0. The topological polar surface area (TPSA) is 55.8 Å². The number of aliphatic hydroxyl groups is 1. The van der Waals surface area contributed by atoms with Crippen molar-refractivity contribution in [1.29, 1.82) is 0 Å². The number of carbonyl (C=O) groups is 1. The third kappa shape index (κ3) is 4.85. The molecule has 1 aromatic carbocycles. The maximum absolute atomic E-state index is 11.4. The van der Waals surface area contributed by atoms with Gasteiger partial charge in [-0.1, -0.05) is 12.1 Å². The largest absolute Gasteiger partial charge is 0.490 e. The Morgan fingerprint density at radius 3 is 2.56 bits per heavy atom. The number of benzene rings is 1. The molecule has 100 valence electrons. The quantitative estimate of drug-likeness (QED) is 0.755. The predicted octanol–water partition coefficient (Wildman–Crippen LogP) is 2.05. The van der Waals surface area contributed by atoms with Crippen molar-refractivity contribution < 1.29 is 19.4 Å². The molecule has 1 aromatic rings. The second-order valence-corrected chi connectivity index (χ2v) is 4.40. The van der Waals surface area contributed by atoms with Crippen LogP contribution in [0.25, 0.3) is 0 Å². The van der Waals surface area contributed by atoms with Gasteiger partial charge < -0.3 is 14.6 Å². The molecule has 0 spiro atoms. The first kappa shape index (κ1) is 14.7. The Hall–Kier alpha value is -1.39. The van der Waals surface area contributed by atoms with Gasteiger partial charge in [0.1, 0.15) is 18.5 Å². The molecule has 0 aromatic heterocycles. The van der Waals surface area contributed by atoms with Crippen molar-refractivity contribution in [3.63, 3.8) is 0 Å². The number of hydrogen-bond donors (Lipinski definition) is 1. The molecule has 0 radical (unpaired) electrons. The van der Waals surface area contributed by atoms with Crippen molar-refractivity contribution in [3.8, 4) is 5.75 Å². The normalized spacial score (nSPS) is 12.5. The lowest BCUT2D eigenvalue weighted by molar-refractivity contribution is -0.0123. The molecule has 1 unspecified atom stereocenters. The van der Waals surface area contributed by atoms with Gasteiger partial charge in [0, 0.05) is 0 Å². The predicted molar refractivity (Wildman–Crippen MR) is 69.0 cm³/mol. The first-order valence-corrected chi connectivity index (χ1v) is 6.03. The molecular weight excluding hydrogens is 232 g/mol. The lowest BCUT2D eigenvalue weighted by Crippen LogP contribution is -2.25. The smallest absolute Gasteiger partial charge is 0.163 e. The van der Waals surface area contributed by atoms with Gasteiger partial charge in [-0.15, -0.1) is 0 Å². The van der Waals surface area contributed by atoms with Crippen LogP contribution in [0.4, 0.5) is 0 Å². The van der Waals surface area contributed by atoms with E-state index in [9.17, 15) is 9.90 Å². The maximum atomic E-state index is 11.4. The highest BCUT2D eigenvalue weighted by Gasteiger charge is 2.11. The average Bonchev–Trinajstić information content (AvgIpc) is 2.34. The van der Waals surface area contributed by atoms with Crippen LogP contribution in [0.15, 0.2) is 24.3 Å². The van der Waals surface area contributed by atoms with Gasteiger partial charge in [0.2, 0.25) is 0 Å². The minimum Gasteiger partial charge on any atom is -0.490 e. The monoisotopic (exact) mass is 252 g/mol. The molecule has 0 bridgehead atoms. The molecule has 0 aliphatic heterocycles. The van der Waals surface area contributed by atoms with Gasteiger partial charge in [0.15, 0.2) is 5.78 Å². The average molecular weight is 252 g/mol. The minimum atomic E-state index is -0.701. The van der Waals surface area contributed by atoms with Crippen molar-refractivity contribution in [2.24, 2.45) is 0 Å². The zero-order valence-corrected chi connectivity index (χ0v) is 11.1. The Bertz CT molecular complexity index is 387. The standard InChI is InChI=1S/C14H20O4/c1-10(2)17-8-12(16)9-18-14-7-5-4-6-13(14)11(3)15/h4-7,10,12,16H,8-9H2,1-3H3. The summed E-state index contributed by atoms with van der Waals surface area (Å²) in [5.41, 5.74) is 0.523. The van der Waals surface area contributed by atoms with E-state index in [4.69, 9.17) is 9.47 Å². The Morgan fingerprint density at radius 2 is 1.94 bits per heavy atom. The summed E-state index contributed by atoms with van der Waals surface area (Å²) in [6.45, 7) is 5.62. The molecule has 0 heterocycles. The van der Waals surface area contributed by atoms with Crippen molar-refractivity contribution >= 4 is 5.78 Å². The fourth-order valence-electron chi connectivity index (χ4n) is 1.42. The number of ether oxygens (including phenoxy) is 2. The number of ketones is 1. The molecule has 0 amide bonds. The van der Waals surface area contributed by atoms with Gasteiger partial charge in [-0.05, 0) is 32.9 Å². The van der Waals surface area contributed by atoms with E-state index in [1.807, 2.05) is 13.8 Å². The first-order chi connectivity index (χ1) is 8.50. The van der Waals surface area contributed by atoms with Crippen LogP contribution in [0.5, 0.6) is 5.75 Å². The summed E-state index contributed by atoms with van der Waals surface area (Å²) < 4.78 is 10.7. The summed E-state index contributed by atoms with van der Waals surface area (Å²) in [4.78, 5) is 11.4. The summed E-state index contributed by atoms with van der Waals surface area (Å²) in [5.74, 6) is 0.437. The molecule has 1 atom stereocenters. The van der Waals surface area contributed by atoms with Crippen LogP contribution >= 0.6 is 0 Å².